The molecule has 0 saturated carbocycles. The maximum atomic E-state index is 9.28. The summed E-state index contributed by atoms with van der Waals surface area (Å²) in [6.07, 6.45) is 2.30. The molecule has 0 fully saturated rings. The van der Waals surface area contributed by atoms with Crippen LogP contribution in [0.1, 0.15) is 26.7 Å². The molecule has 0 amide bonds. The van der Waals surface area contributed by atoms with Crippen LogP contribution in [0, 0.1) is 0 Å². The topological polar surface area (TPSA) is 20.2 Å². The van der Waals surface area contributed by atoms with Gasteiger partial charge >= 0.3 is 0 Å². The van der Waals surface area contributed by atoms with Crippen molar-refractivity contribution >= 4 is 9.04 Å². The molecule has 0 spiro atoms. The first kappa shape index (κ1) is 8.92. The highest BCUT2D eigenvalue weighted by Crippen LogP contribution is 2.14. The third-order valence-corrected chi connectivity index (χ3v) is 3.55. The van der Waals surface area contributed by atoms with Crippen molar-refractivity contribution in [2.75, 3.05) is 0 Å². The van der Waals surface area contributed by atoms with Gasteiger partial charge < -0.3 is 4.80 Å². The molecule has 0 aliphatic rings. The van der Waals surface area contributed by atoms with Crippen LogP contribution in [-0.2, 0) is 0 Å². The van der Waals surface area contributed by atoms with Gasteiger partial charge in [0.05, 0.1) is 0 Å². The van der Waals surface area contributed by atoms with Gasteiger partial charge in [-0.2, -0.15) is 0 Å². The summed E-state index contributed by atoms with van der Waals surface area (Å²) < 4.78 is 0. The largest absolute Gasteiger partial charge is 0.431 e. The van der Waals surface area contributed by atoms with Crippen molar-refractivity contribution in [1.29, 1.82) is 0 Å². The standard InChI is InChI=1S/C7H16OSi/c1-4-6-7(3)9(8)5-2/h5,7-9H,2,4,6H2,1,3H3. The Kier molecular flexibility index (Phi) is 4.72. The predicted molar refractivity (Wildman–Crippen MR) is 43.9 cm³/mol. The Morgan fingerprint density at radius 3 is 2.67 bits per heavy atom. The predicted octanol–water partition coefficient (Wildman–Crippen LogP) is 1.62. The first-order valence-electron chi connectivity index (χ1n) is 3.53. The normalized spacial score (nSPS) is 16.8. The van der Waals surface area contributed by atoms with Crippen LogP contribution in [0.3, 0.4) is 0 Å². The van der Waals surface area contributed by atoms with Gasteiger partial charge in [-0.1, -0.05) is 32.4 Å². The summed E-state index contributed by atoms with van der Waals surface area (Å²) in [6, 6.07) is 0. The van der Waals surface area contributed by atoms with Crippen molar-refractivity contribution in [3.05, 3.63) is 12.3 Å². The van der Waals surface area contributed by atoms with E-state index in [1.165, 1.54) is 6.42 Å². The zero-order valence-corrected chi connectivity index (χ0v) is 7.46. The fourth-order valence-corrected chi connectivity index (χ4v) is 2.00. The summed E-state index contributed by atoms with van der Waals surface area (Å²) >= 11 is 0. The van der Waals surface area contributed by atoms with Gasteiger partial charge in [0.25, 0.3) is 0 Å². The van der Waals surface area contributed by atoms with E-state index in [0.29, 0.717) is 5.54 Å². The van der Waals surface area contributed by atoms with Crippen LogP contribution in [0.4, 0.5) is 0 Å². The lowest BCUT2D eigenvalue weighted by Gasteiger charge is -2.10. The van der Waals surface area contributed by atoms with E-state index in [1.54, 1.807) is 5.70 Å². The molecule has 0 radical (unpaired) electrons. The van der Waals surface area contributed by atoms with Crippen molar-refractivity contribution in [1.82, 2.24) is 0 Å². The van der Waals surface area contributed by atoms with Gasteiger partial charge in [-0.15, -0.1) is 6.58 Å². The van der Waals surface area contributed by atoms with E-state index in [2.05, 4.69) is 20.4 Å². The molecule has 0 aliphatic heterocycles. The molecule has 0 heterocycles. The molecule has 1 nitrogen and oxygen atoms in total. The van der Waals surface area contributed by atoms with Crippen LogP contribution in [-0.4, -0.2) is 13.8 Å². The summed E-state index contributed by atoms with van der Waals surface area (Å²) in [5.74, 6) is 0. The molecular formula is C7H16OSi. The summed E-state index contributed by atoms with van der Waals surface area (Å²) in [6.45, 7) is 7.81. The molecule has 0 aromatic rings. The molecule has 1 N–H and O–H groups in total. The van der Waals surface area contributed by atoms with E-state index in [0.717, 1.165) is 6.42 Å². The molecule has 2 atom stereocenters. The molecule has 2 unspecified atom stereocenters. The maximum absolute atomic E-state index is 9.28. The Hall–Kier alpha value is -0.0831. The van der Waals surface area contributed by atoms with Crippen molar-refractivity contribution in [2.24, 2.45) is 0 Å². The van der Waals surface area contributed by atoms with Crippen molar-refractivity contribution in [3.8, 4) is 0 Å². The number of hydrogen-bond donors (Lipinski definition) is 1. The SMILES string of the molecule is C=C[SiH](O)C(C)CCC. The van der Waals surface area contributed by atoms with Gasteiger partial charge in [-0.3, -0.25) is 0 Å². The van der Waals surface area contributed by atoms with Gasteiger partial charge in [0.1, 0.15) is 0 Å². The van der Waals surface area contributed by atoms with Gasteiger partial charge in [-0.05, 0) is 5.54 Å². The van der Waals surface area contributed by atoms with Crippen LogP contribution in [0.5, 0.6) is 0 Å². The average molecular weight is 144 g/mol. The Bertz CT molecular complexity index is 83.0. The molecular weight excluding hydrogens is 128 g/mol. The second-order valence-electron chi connectivity index (χ2n) is 2.49. The molecule has 9 heavy (non-hydrogen) atoms. The summed E-state index contributed by atoms with van der Waals surface area (Å²) in [5.41, 5.74) is 2.24. The second-order valence-corrected chi connectivity index (χ2v) is 5.08. The zero-order valence-electron chi connectivity index (χ0n) is 6.30. The van der Waals surface area contributed by atoms with Gasteiger partial charge in [0.15, 0.2) is 9.04 Å². The number of rotatable bonds is 4. The van der Waals surface area contributed by atoms with Crippen LogP contribution >= 0.6 is 0 Å². The first-order valence-corrected chi connectivity index (χ1v) is 5.38. The monoisotopic (exact) mass is 144 g/mol. The molecule has 2 heteroatoms. The molecule has 0 aliphatic carbocycles. The van der Waals surface area contributed by atoms with Crippen LogP contribution in [0.25, 0.3) is 0 Å². The number of hydrogen-bond acceptors (Lipinski definition) is 1. The first-order chi connectivity index (χ1) is 4.22. The summed E-state index contributed by atoms with van der Waals surface area (Å²) in [4.78, 5) is 9.28. The van der Waals surface area contributed by atoms with Crippen LogP contribution < -0.4 is 0 Å². The zero-order chi connectivity index (χ0) is 7.28. The van der Waals surface area contributed by atoms with E-state index in [4.69, 9.17) is 0 Å². The lowest BCUT2D eigenvalue weighted by Crippen LogP contribution is -2.14. The Morgan fingerprint density at radius 2 is 2.33 bits per heavy atom. The van der Waals surface area contributed by atoms with Crippen molar-refractivity contribution in [2.45, 2.75) is 32.2 Å². The molecule has 0 saturated heterocycles. The lowest BCUT2D eigenvalue weighted by atomic mass is 10.3. The third kappa shape index (κ3) is 3.49. The highest BCUT2D eigenvalue weighted by atomic mass is 28.3. The second kappa shape index (κ2) is 4.76. The minimum absolute atomic E-state index is 0.507. The average Bonchev–Trinajstić information content (AvgIpc) is 1.87. The molecule has 0 aromatic carbocycles. The van der Waals surface area contributed by atoms with E-state index in [9.17, 15) is 4.80 Å². The van der Waals surface area contributed by atoms with E-state index in [1.807, 2.05) is 0 Å². The molecule has 0 aromatic heterocycles. The summed E-state index contributed by atoms with van der Waals surface area (Å²) in [7, 11) is -1.53. The Labute approximate surface area is 59.1 Å². The smallest absolute Gasteiger partial charge is 0.199 e. The maximum Gasteiger partial charge on any atom is 0.199 e. The van der Waals surface area contributed by atoms with Gasteiger partial charge in [-0.25, -0.2) is 0 Å². The van der Waals surface area contributed by atoms with Crippen molar-refractivity contribution < 1.29 is 4.80 Å². The third-order valence-electron chi connectivity index (χ3n) is 1.57. The highest BCUT2D eigenvalue weighted by Gasteiger charge is 2.10. The van der Waals surface area contributed by atoms with Crippen LogP contribution in [0.15, 0.2) is 12.3 Å². The quantitative estimate of drug-likeness (QED) is 0.594. The van der Waals surface area contributed by atoms with E-state index >= 15 is 0 Å². The Balaban J connectivity index is 3.44. The fraction of sp³-hybridized carbons (Fsp3) is 0.714. The molecule has 0 rings (SSSR count). The van der Waals surface area contributed by atoms with Crippen molar-refractivity contribution in [3.63, 3.8) is 0 Å². The summed E-state index contributed by atoms with van der Waals surface area (Å²) in [5, 5.41) is 0. The van der Waals surface area contributed by atoms with Gasteiger partial charge in [0, 0.05) is 0 Å². The highest BCUT2D eigenvalue weighted by molar-refractivity contribution is 6.57. The van der Waals surface area contributed by atoms with E-state index < -0.39 is 9.04 Å². The minimum atomic E-state index is -1.53. The van der Waals surface area contributed by atoms with E-state index in [-0.39, 0.29) is 0 Å². The lowest BCUT2D eigenvalue weighted by molar-refractivity contribution is 0.550. The molecule has 0 bridgehead atoms. The molecule has 54 valence electrons. The van der Waals surface area contributed by atoms with Crippen LogP contribution in [0.2, 0.25) is 5.54 Å². The minimum Gasteiger partial charge on any atom is -0.431 e. The Morgan fingerprint density at radius 1 is 1.78 bits per heavy atom. The fourth-order valence-electron chi connectivity index (χ4n) is 0.858. The van der Waals surface area contributed by atoms with Gasteiger partial charge in [0.2, 0.25) is 0 Å².